The van der Waals surface area contributed by atoms with Crippen molar-refractivity contribution in [2.75, 3.05) is 50.8 Å². The first-order valence-corrected chi connectivity index (χ1v) is 18.5. The van der Waals surface area contributed by atoms with E-state index in [1.807, 2.05) is 24.3 Å². The van der Waals surface area contributed by atoms with Gasteiger partial charge in [-0.15, -0.1) is 0 Å². The van der Waals surface area contributed by atoms with Gasteiger partial charge in [0.1, 0.15) is 18.0 Å². The normalized spacial score (nSPS) is 27.8. The summed E-state index contributed by atoms with van der Waals surface area (Å²) >= 11 is 6.33. The van der Waals surface area contributed by atoms with Crippen LogP contribution >= 0.6 is 11.6 Å². The highest BCUT2D eigenvalue weighted by molar-refractivity contribution is 7.90. The molecule has 0 radical (unpaired) electrons. The summed E-state index contributed by atoms with van der Waals surface area (Å²) < 4.78 is 74.7. The van der Waals surface area contributed by atoms with Gasteiger partial charge in [-0.1, -0.05) is 29.8 Å². The van der Waals surface area contributed by atoms with Crippen LogP contribution in [0, 0.1) is 11.8 Å². The van der Waals surface area contributed by atoms with E-state index in [-0.39, 0.29) is 49.1 Å². The Bertz CT molecular complexity index is 1630. The highest BCUT2D eigenvalue weighted by Crippen LogP contribution is 2.42. The third kappa shape index (κ3) is 8.16. The van der Waals surface area contributed by atoms with Crippen molar-refractivity contribution in [3.8, 4) is 5.75 Å². The summed E-state index contributed by atoms with van der Waals surface area (Å²) in [6.45, 7) is 4.93. The lowest BCUT2D eigenvalue weighted by Gasteiger charge is -2.44. The molecular weight excluding hydrogens is 664 g/mol. The summed E-state index contributed by atoms with van der Waals surface area (Å²) in [6.07, 6.45) is 7.93. The summed E-state index contributed by atoms with van der Waals surface area (Å²) in [5.74, 6) is -2.49. The van der Waals surface area contributed by atoms with Crippen molar-refractivity contribution in [3.05, 3.63) is 64.7 Å². The molecule has 1 aliphatic carbocycles. The molecular formula is C35H44ClF2N3O6S. The largest absolute Gasteiger partial charge is 0.487 e. The number of ether oxygens (including phenoxy) is 3. The van der Waals surface area contributed by atoms with Crippen LogP contribution in [-0.4, -0.2) is 82.8 Å². The number of carbonyl (C=O) groups excluding carboxylic acids is 1. The lowest BCUT2D eigenvalue weighted by molar-refractivity contribution is -0.139. The topological polar surface area (TPSA) is 97.4 Å². The van der Waals surface area contributed by atoms with Gasteiger partial charge in [-0.2, -0.15) is 0 Å². The van der Waals surface area contributed by atoms with Crippen molar-refractivity contribution in [1.82, 2.24) is 9.62 Å². The zero-order chi connectivity index (χ0) is 34.1. The Labute approximate surface area is 286 Å². The smallest absolute Gasteiger partial charge is 0.272 e. The van der Waals surface area contributed by atoms with Gasteiger partial charge in [0, 0.05) is 24.7 Å². The average Bonchev–Trinajstić information content (AvgIpc) is 3.02. The van der Waals surface area contributed by atoms with Crippen LogP contribution in [-0.2, 0) is 37.3 Å². The lowest BCUT2D eigenvalue weighted by atomic mass is 9.70. The van der Waals surface area contributed by atoms with E-state index >= 15 is 0 Å². The molecule has 3 aliphatic heterocycles. The van der Waals surface area contributed by atoms with E-state index in [1.54, 1.807) is 23.1 Å². The van der Waals surface area contributed by atoms with Gasteiger partial charge in [-0.3, -0.25) is 9.69 Å². The number of anilines is 1. The highest BCUT2D eigenvalue weighted by Gasteiger charge is 2.44. The maximum atomic E-state index is 13.6. The number of hydrogen-bond acceptors (Lipinski definition) is 8. The van der Waals surface area contributed by atoms with Crippen LogP contribution in [0.3, 0.4) is 0 Å². The minimum Gasteiger partial charge on any atom is -0.487 e. The molecule has 1 N–H and O–H groups in total. The van der Waals surface area contributed by atoms with Crippen LogP contribution in [0.15, 0.2) is 53.4 Å². The number of benzene rings is 2. The van der Waals surface area contributed by atoms with Gasteiger partial charge in [0.25, 0.3) is 21.9 Å². The molecule has 4 aliphatic rings. The van der Waals surface area contributed by atoms with Crippen LogP contribution < -0.4 is 14.4 Å². The van der Waals surface area contributed by atoms with Crippen LogP contribution in [0.2, 0.25) is 5.02 Å². The molecule has 1 saturated carbocycles. The van der Waals surface area contributed by atoms with Crippen molar-refractivity contribution >= 4 is 33.2 Å². The van der Waals surface area contributed by atoms with Gasteiger partial charge in [0.2, 0.25) is 0 Å². The molecule has 2 aromatic rings. The van der Waals surface area contributed by atoms with E-state index in [4.69, 9.17) is 25.8 Å². The first-order chi connectivity index (χ1) is 22.8. The number of amides is 1. The Morgan fingerprint density at radius 1 is 1.08 bits per heavy atom. The number of halogens is 3. The van der Waals surface area contributed by atoms with Gasteiger partial charge in [0.05, 0.1) is 43.0 Å². The number of carbonyl (C=O) groups is 1. The zero-order valence-electron chi connectivity index (χ0n) is 27.4. The summed E-state index contributed by atoms with van der Waals surface area (Å²) in [5.41, 5.74) is 1.34. The molecule has 48 heavy (non-hydrogen) atoms. The number of nitrogens with one attached hydrogen (secondary N) is 1. The quantitative estimate of drug-likeness (QED) is 0.411. The molecule has 1 unspecified atom stereocenters. The monoisotopic (exact) mass is 707 g/mol. The van der Waals surface area contributed by atoms with E-state index in [9.17, 15) is 22.0 Å². The molecule has 3 heterocycles. The Hall–Kier alpha value is -2.77. The lowest BCUT2D eigenvalue weighted by Crippen LogP contribution is -2.57. The number of fused-ring (bicyclic) bond motifs is 3. The molecule has 0 aromatic heterocycles. The highest BCUT2D eigenvalue weighted by atomic mass is 35.5. The molecule has 2 fully saturated rings. The Balaban J connectivity index is 1.31. The van der Waals surface area contributed by atoms with E-state index < -0.39 is 27.5 Å². The Morgan fingerprint density at radius 2 is 1.90 bits per heavy atom. The molecule has 9 nitrogen and oxygen atoms in total. The van der Waals surface area contributed by atoms with Gasteiger partial charge in [-0.05, 0) is 99.2 Å². The molecule has 262 valence electrons. The van der Waals surface area contributed by atoms with Gasteiger partial charge >= 0.3 is 0 Å². The molecule has 1 amide bonds. The third-order valence-electron chi connectivity index (χ3n) is 9.88. The van der Waals surface area contributed by atoms with E-state index in [1.165, 1.54) is 19.9 Å². The van der Waals surface area contributed by atoms with Gasteiger partial charge in [-0.25, -0.2) is 21.9 Å². The van der Waals surface area contributed by atoms with Crippen molar-refractivity contribution in [2.24, 2.45) is 11.8 Å². The second-order valence-corrected chi connectivity index (χ2v) is 15.9. The summed E-state index contributed by atoms with van der Waals surface area (Å²) in [6, 6.07) is 10.5. The van der Waals surface area contributed by atoms with E-state index in [0.29, 0.717) is 42.7 Å². The number of alkyl halides is 2. The van der Waals surface area contributed by atoms with Gasteiger partial charge < -0.3 is 19.1 Å². The van der Waals surface area contributed by atoms with Crippen LogP contribution in [0.25, 0.3) is 0 Å². The second-order valence-electron chi connectivity index (χ2n) is 13.8. The minimum atomic E-state index is -4.24. The number of aryl methyl sites for hydroxylation is 1. The number of likely N-dealkylation sites (tertiary alicyclic amines) is 1. The van der Waals surface area contributed by atoms with Gasteiger partial charge in [0.15, 0.2) is 0 Å². The number of sulfonamides is 1. The van der Waals surface area contributed by atoms with Crippen LogP contribution in [0.5, 0.6) is 5.75 Å². The SMILES string of the molecule is CC1(C)OC/C=C/[C@@H](OCCN2CC(F)(F)C2)C2CC[C@H]2CN2CCCCc3cc(Cl)ccc3COc3ccc(cc32)S(=O)(=O)NC1=O. The second kappa shape index (κ2) is 14.2. The Morgan fingerprint density at radius 3 is 2.65 bits per heavy atom. The standard InChI is InChI=1S/C35H44ClF2N3O6S/c1-34(2)33(42)39-48(43,44)28-11-13-32-30(19-28)41(14-4-3-6-24-18-27(36)10-8-26(24)21-46-32)20-25-9-12-29(25)31(7-5-16-47-34)45-17-15-40-22-35(37,38)23-40/h5,7-8,10-11,13,18-19,25,29,31H,3-4,6,9,12,14-17,20-23H2,1-2H3,(H,39,42)/b7-5+/t25-,29?,31+/m0/s1. The fraction of sp³-hybridized carbons (Fsp3) is 0.571. The maximum absolute atomic E-state index is 13.6. The number of nitrogens with zero attached hydrogens (tertiary/aromatic N) is 2. The van der Waals surface area contributed by atoms with Crippen molar-refractivity contribution in [2.45, 2.75) is 75.1 Å². The zero-order valence-corrected chi connectivity index (χ0v) is 29.0. The first-order valence-electron chi connectivity index (χ1n) is 16.7. The van der Waals surface area contributed by atoms with Crippen molar-refractivity contribution in [1.29, 1.82) is 0 Å². The molecule has 3 atom stereocenters. The summed E-state index contributed by atoms with van der Waals surface area (Å²) in [4.78, 5) is 17.0. The number of rotatable bonds is 4. The predicted molar refractivity (Wildman–Crippen MR) is 179 cm³/mol. The van der Waals surface area contributed by atoms with Crippen molar-refractivity contribution < 1.29 is 36.2 Å². The molecule has 1 saturated heterocycles. The molecule has 6 rings (SSSR count). The fourth-order valence-corrected chi connectivity index (χ4v) is 8.16. The average molecular weight is 708 g/mol. The summed E-state index contributed by atoms with van der Waals surface area (Å²) in [7, 11) is -4.24. The predicted octanol–water partition coefficient (Wildman–Crippen LogP) is 5.59. The molecule has 2 aromatic carbocycles. The maximum Gasteiger partial charge on any atom is 0.272 e. The van der Waals surface area contributed by atoms with Crippen molar-refractivity contribution in [3.63, 3.8) is 0 Å². The third-order valence-corrected chi connectivity index (χ3v) is 11.4. The molecule has 2 bridgehead atoms. The first kappa shape index (κ1) is 35.1. The summed E-state index contributed by atoms with van der Waals surface area (Å²) in [5, 5.41) is 0.671. The van der Waals surface area contributed by atoms with E-state index in [2.05, 4.69) is 9.62 Å². The number of hydrogen-bond donors (Lipinski definition) is 1. The van der Waals surface area contributed by atoms with Crippen LogP contribution in [0.4, 0.5) is 14.5 Å². The van der Waals surface area contributed by atoms with Crippen LogP contribution in [0.1, 0.15) is 50.7 Å². The minimum absolute atomic E-state index is 0.0454. The Kier molecular flexibility index (Phi) is 10.4. The fourth-order valence-electron chi connectivity index (χ4n) is 6.84. The van der Waals surface area contributed by atoms with E-state index in [0.717, 1.165) is 43.2 Å². The molecule has 13 heteroatoms. The molecule has 0 spiro atoms.